The number of aromatic carboxylic acids is 1. The van der Waals surface area contributed by atoms with E-state index in [-0.39, 0.29) is 86.5 Å². The molecule has 0 fully saturated rings. The first-order chi connectivity index (χ1) is 68.9. The molecule has 4 aromatic heterocycles. The third-order valence-corrected chi connectivity index (χ3v) is 31.6. The molecular weight excluding hydrogens is 1980 g/mol. The number of nitrogens with zero attached hydrogens (tertiary/aromatic N) is 8. The van der Waals surface area contributed by atoms with Crippen molar-refractivity contribution in [1.82, 2.24) is 38.2 Å². The minimum atomic E-state index is -1.42. The Morgan fingerprint density at radius 3 is 1.13 bits per heavy atom. The number of carbonyl (C=O) groups is 1. The van der Waals surface area contributed by atoms with Crippen LogP contribution in [0.25, 0.3) is 22.7 Å². The second-order valence-corrected chi connectivity index (χ2v) is 41.0. The molecule has 0 spiro atoms. The lowest BCUT2D eigenvalue weighted by atomic mass is 9.71. The first kappa shape index (κ1) is 101. The summed E-state index contributed by atoms with van der Waals surface area (Å²) in [4.78, 5) is 30.8. The summed E-state index contributed by atoms with van der Waals surface area (Å²) < 4.78 is 190. The number of carboxylic acids is 1. The van der Waals surface area contributed by atoms with Gasteiger partial charge in [-0.25, -0.2) is 77.4 Å². The highest BCUT2D eigenvalue weighted by molar-refractivity contribution is 7.99. The molecule has 0 bridgehead atoms. The van der Waals surface area contributed by atoms with E-state index < -0.39 is 40.6 Å². The quantitative estimate of drug-likeness (QED) is 0.0543. The minimum Gasteiger partial charge on any atom is -0.486 e. The van der Waals surface area contributed by atoms with Crippen LogP contribution in [0.1, 0.15) is 199 Å². The molecule has 1 aliphatic heterocycles. The van der Waals surface area contributed by atoms with Crippen LogP contribution in [0, 0.1) is 97.5 Å². The van der Waals surface area contributed by atoms with Gasteiger partial charge in [-0.3, -0.25) is 18.3 Å². The van der Waals surface area contributed by atoms with Crippen molar-refractivity contribution in [2.24, 2.45) is 0 Å². The Morgan fingerprint density at radius 1 is 0.371 bits per heavy atom. The fraction of sp³-hybridized carbons (Fsp3) is 0.241. The summed E-state index contributed by atoms with van der Waals surface area (Å²) in [5, 5.41) is 13.1. The number of imidazole rings is 4. The fourth-order valence-electron chi connectivity index (χ4n) is 19.4. The Hall–Kier alpha value is -12.0. The molecule has 0 radical (unpaired) electrons. The number of halogens is 15. The molecule has 734 valence electrons. The Balaban J connectivity index is 0.000000126. The van der Waals surface area contributed by atoms with E-state index in [0.717, 1.165) is 212 Å². The Labute approximate surface area is 851 Å². The monoisotopic (exact) mass is 2070 g/mol. The van der Waals surface area contributed by atoms with Crippen LogP contribution in [-0.4, -0.2) is 62.5 Å². The summed E-state index contributed by atoms with van der Waals surface area (Å²) in [5.74, 6) is -5.01. The van der Waals surface area contributed by atoms with Gasteiger partial charge in [-0.2, -0.15) is 0 Å². The molecule has 143 heavy (non-hydrogen) atoms. The summed E-state index contributed by atoms with van der Waals surface area (Å²) in [6, 6.07) is 61.0. The van der Waals surface area contributed by atoms with Crippen molar-refractivity contribution in [3.63, 3.8) is 0 Å². The van der Waals surface area contributed by atoms with E-state index in [1.54, 1.807) is 106 Å². The molecule has 21 rings (SSSR count). The van der Waals surface area contributed by atoms with Crippen LogP contribution < -0.4 is 9.47 Å². The first-order valence-electron chi connectivity index (χ1n) is 46.6. The Bertz CT molecular complexity index is 7390. The maximum absolute atomic E-state index is 14.6. The summed E-state index contributed by atoms with van der Waals surface area (Å²) in [5.41, 5.74) is 17.4. The predicted molar refractivity (Wildman–Crippen MR) is 539 cm³/mol. The number of thioether (sulfide) groups is 4. The molecule has 31 heteroatoms. The summed E-state index contributed by atoms with van der Waals surface area (Å²) in [6.45, 7) is 10.4. The summed E-state index contributed by atoms with van der Waals surface area (Å²) in [7, 11) is 0. The molecule has 5 heterocycles. The molecule has 16 aromatic rings. The number of aryl methyl sites for hydroxylation is 8. The lowest BCUT2D eigenvalue weighted by Crippen LogP contribution is -2.31. The number of hydrogen-bond donors (Lipinski definition) is 1. The molecule has 4 atom stereocenters. The summed E-state index contributed by atoms with van der Waals surface area (Å²) >= 11 is 24.1. The van der Waals surface area contributed by atoms with Gasteiger partial charge in [0.15, 0.2) is 32.1 Å². The third kappa shape index (κ3) is 21.9. The summed E-state index contributed by atoms with van der Waals surface area (Å²) in [6.07, 6.45) is 10.5. The second-order valence-electron chi connectivity index (χ2n) is 36.0. The molecule has 0 amide bonds. The fourth-order valence-corrected chi connectivity index (χ4v) is 24.4. The van der Waals surface area contributed by atoms with E-state index in [2.05, 4.69) is 40.3 Å². The number of ether oxygens (including phenoxy) is 2. The highest BCUT2D eigenvalue weighted by atomic mass is 35.5. The van der Waals surface area contributed by atoms with Gasteiger partial charge >= 0.3 is 5.97 Å². The average Bonchev–Trinajstić information content (AvgIpc) is 1.59. The molecule has 5 aliphatic rings. The van der Waals surface area contributed by atoms with Crippen molar-refractivity contribution >= 4 is 87.8 Å². The van der Waals surface area contributed by atoms with Crippen LogP contribution >= 0.6 is 81.9 Å². The molecular formula is C112H93Cl3F12N8O4S4. The van der Waals surface area contributed by atoms with Crippen LogP contribution in [-0.2, 0) is 54.1 Å². The van der Waals surface area contributed by atoms with Gasteiger partial charge < -0.3 is 14.6 Å². The molecule has 12 nitrogen and oxygen atoms in total. The molecule has 0 saturated heterocycles. The Kier molecular flexibility index (Phi) is 31.0. The van der Waals surface area contributed by atoms with Gasteiger partial charge in [0.05, 0.1) is 51.1 Å². The molecule has 12 aromatic carbocycles. The van der Waals surface area contributed by atoms with E-state index in [1.807, 2.05) is 40.3 Å². The zero-order valence-corrected chi connectivity index (χ0v) is 83.5. The van der Waals surface area contributed by atoms with E-state index >= 15 is 0 Å². The van der Waals surface area contributed by atoms with Crippen molar-refractivity contribution in [2.45, 2.75) is 178 Å². The molecule has 0 saturated carbocycles. The lowest BCUT2D eigenvalue weighted by molar-refractivity contribution is 0.0695. The molecule has 1 N–H and O–H groups in total. The predicted octanol–water partition coefficient (Wildman–Crippen LogP) is 31.0. The van der Waals surface area contributed by atoms with Gasteiger partial charge in [0.1, 0.15) is 83.0 Å². The minimum absolute atomic E-state index is 0.00191. The molecule has 4 aliphatic carbocycles. The van der Waals surface area contributed by atoms with Crippen LogP contribution in [0.4, 0.5) is 52.7 Å². The van der Waals surface area contributed by atoms with Gasteiger partial charge in [-0.15, -0.1) is 0 Å². The number of rotatable bonds is 21. The van der Waals surface area contributed by atoms with Gasteiger partial charge in [-0.05, 0) is 332 Å². The maximum atomic E-state index is 14.6. The van der Waals surface area contributed by atoms with Crippen molar-refractivity contribution in [2.75, 3.05) is 13.2 Å². The average molecular weight is 2080 g/mol. The highest BCUT2D eigenvalue weighted by Crippen LogP contribution is 2.51. The van der Waals surface area contributed by atoms with E-state index in [9.17, 15) is 57.5 Å². The largest absolute Gasteiger partial charge is 0.486 e. The van der Waals surface area contributed by atoms with Crippen LogP contribution in [0.3, 0.4) is 0 Å². The first-order valence-corrected chi connectivity index (χ1v) is 51.7. The van der Waals surface area contributed by atoms with Crippen molar-refractivity contribution < 1.29 is 72.1 Å². The van der Waals surface area contributed by atoms with Crippen molar-refractivity contribution in [3.05, 3.63) is 433 Å². The van der Waals surface area contributed by atoms with Crippen LogP contribution in [0.5, 0.6) is 11.5 Å². The van der Waals surface area contributed by atoms with Gasteiger partial charge in [-0.1, -0.05) is 136 Å². The smallest absolute Gasteiger partial charge is 0.335 e. The van der Waals surface area contributed by atoms with Gasteiger partial charge in [0, 0.05) is 106 Å². The normalized spacial score (nSPS) is 16.1. The topological polar surface area (TPSA) is 127 Å². The Morgan fingerprint density at radius 2 is 0.734 bits per heavy atom. The van der Waals surface area contributed by atoms with Gasteiger partial charge in [0.25, 0.3) is 0 Å². The van der Waals surface area contributed by atoms with E-state index in [1.165, 1.54) is 120 Å². The number of carboxylic acid groups (broad SMARTS) is 1. The second kappa shape index (κ2) is 43.9. The van der Waals surface area contributed by atoms with Crippen molar-refractivity contribution in [1.29, 1.82) is 0 Å². The zero-order valence-electron chi connectivity index (χ0n) is 78.0. The lowest BCUT2D eigenvalue weighted by Gasteiger charge is -2.36. The maximum Gasteiger partial charge on any atom is 0.335 e. The van der Waals surface area contributed by atoms with E-state index in [0.29, 0.717) is 85.0 Å². The zero-order chi connectivity index (χ0) is 100. The van der Waals surface area contributed by atoms with E-state index in [4.69, 9.17) is 69.3 Å². The third-order valence-electron chi connectivity index (χ3n) is 26.6. The van der Waals surface area contributed by atoms with Crippen LogP contribution in [0.2, 0.25) is 15.1 Å². The van der Waals surface area contributed by atoms with Crippen molar-refractivity contribution in [3.8, 4) is 34.2 Å². The highest BCUT2D eigenvalue weighted by Gasteiger charge is 2.42. The number of fused-ring (bicyclic) bond motifs is 5. The number of hydrogen-bond acceptors (Lipinski definition) is 11. The number of benzene rings is 12. The van der Waals surface area contributed by atoms with Gasteiger partial charge in [0.2, 0.25) is 0 Å². The van der Waals surface area contributed by atoms with Crippen LogP contribution in [0.15, 0.2) is 251 Å². The SMILES string of the molecule is Cc1cc(C2(C)CCCc3nc(SCc4c(F)cccc4Cl)n(-c4ccc(F)cc4)c32)ccc1Cl.Cc1cc(C2CCCc3nc(SCc4c(F)cc(C(=O)O)cc4F)n(-c4ccc(F)cc4)c32)ccc1F.Cc1cc(F)c(CSc2nc3c(n2-c2ccc(F)cc2)C(c2ccc(F)c(C)c2)CCC3)c(F)c1.Fc1ccc(-n2c(SCc3c(F)cccc3Cl)nc3c2C(c2ccc4c(c2)OCCO4)CCC3)cc1. The standard InChI is InChI=1S/C28H24Cl2F2N2S.C28H23ClF2N2O2S.C28H22F4N2O2S.C28H24F4N2S/c1-17-15-18(8-13-22(17)29)28(2)14-4-7-25-26(28)34(20-11-9-19(31)10-12-20)27(33-25)35-16-21-23(30)5-3-6-24(21)32;29-22-4-2-5-23(31)21(22)16-36-28-32-24-6-1-3-20(17-7-12-25-26(15-17)35-14-13-34-25)27(24)33(28)19-10-8-18(30)9-11-19;1-15-11-16(5-10-22(15)30)20-3-2-4-25-26(20)34(19-8-6-18(29)7-9-19)28(33-25)37-14-21-23(31)12-17(27(35)36)13-24(21)32;1-16-12-24(31)22(25(32)13-16)15-35-28-33-26-5-3-4-21(18-6-11-23(30)17(2)14-18)27(26)34(28)20-9-7-19(29)8-10-20/h3,5-6,8-13,15H,4,7,14,16H2,1-2H3;2,4-5,7-12,15,20H,1,3,6,13-14,16H2;5-13,20H,2-4,14H2,1H3,(H,35,36);6-14,21H,3-5,15H2,1-2H3. The number of aromatic nitrogens is 8. The molecule has 4 unspecified atom stereocenters.